The number of hydrogen-bond donors (Lipinski definition) is 2. The van der Waals surface area contributed by atoms with E-state index in [0.717, 1.165) is 23.1 Å². The molecule has 14 heteroatoms. The van der Waals surface area contributed by atoms with E-state index in [1.54, 1.807) is 79.7 Å². The van der Waals surface area contributed by atoms with Crippen molar-refractivity contribution in [1.82, 2.24) is 10.4 Å². The summed E-state index contributed by atoms with van der Waals surface area (Å²) >= 11 is 2.03. The highest BCUT2D eigenvalue weighted by Crippen LogP contribution is 2.36. The molecule has 3 aromatic carbocycles. The van der Waals surface area contributed by atoms with Gasteiger partial charge in [-0.05, 0) is 78.9 Å². The highest BCUT2D eigenvalue weighted by molar-refractivity contribution is 8.19. The Morgan fingerprint density at radius 2 is 1.72 bits per heavy atom. The number of methoxy groups -OCH3 is 1. The lowest BCUT2D eigenvalue weighted by molar-refractivity contribution is -0.384. The molecule has 1 aliphatic rings. The number of carbonyl (C=O) groups excluding carboxylic acids is 3. The van der Waals surface area contributed by atoms with Crippen molar-refractivity contribution in [2.24, 2.45) is 5.10 Å². The molecule has 1 fully saturated rings. The van der Waals surface area contributed by atoms with Crippen LogP contribution in [0.2, 0.25) is 0 Å². The molecular formula is C29H22N6O6S2. The van der Waals surface area contributed by atoms with Crippen LogP contribution >= 0.6 is 23.1 Å². The summed E-state index contributed by atoms with van der Waals surface area (Å²) in [4.78, 5) is 55.8. The van der Waals surface area contributed by atoms with Crippen LogP contribution in [0.25, 0.3) is 6.08 Å². The van der Waals surface area contributed by atoms with Gasteiger partial charge in [-0.25, -0.2) is 10.4 Å². The van der Waals surface area contributed by atoms with E-state index < -0.39 is 16.7 Å². The fraction of sp³-hybridized carbons (Fsp3) is 0.0690. The molecule has 1 aliphatic heterocycles. The minimum absolute atomic E-state index is 0.0646. The van der Waals surface area contributed by atoms with Crippen molar-refractivity contribution in [2.75, 3.05) is 17.3 Å². The molecule has 0 saturated carbocycles. The van der Waals surface area contributed by atoms with E-state index in [1.807, 2.05) is 0 Å². The summed E-state index contributed by atoms with van der Waals surface area (Å²) in [5.41, 5.74) is 4.34. The number of nitro benzene ring substituents is 1. The van der Waals surface area contributed by atoms with Crippen LogP contribution in [0, 0.1) is 17.0 Å². The van der Waals surface area contributed by atoms with E-state index in [4.69, 9.17) is 4.74 Å². The largest absolute Gasteiger partial charge is 0.497 e. The van der Waals surface area contributed by atoms with E-state index in [2.05, 4.69) is 20.8 Å². The van der Waals surface area contributed by atoms with Crippen LogP contribution in [0.5, 0.6) is 5.75 Å². The SMILES string of the molecule is COc1ccc(C(=O)Nc2nc(C)c(C(=O)N/N=C3/S/C(=C/c4ccc([N+](=O)[O-])cc4)C(=O)N3c3ccccc3)s2)cc1. The zero-order chi connectivity index (χ0) is 30.5. The van der Waals surface area contributed by atoms with Gasteiger partial charge in [0.1, 0.15) is 10.6 Å². The molecular weight excluding hydrogens is 592 g/mol. The van der Waals surface area contributed by atoms with Crippen molar-refractivity contribution >= 4 is 68.6 Å². The first kappa shape index (κ1) is 29.2. The van der Waals surface area contributed by atoms with Crippen molar-refractivity contribution in [3.63, 3.8) is 0 Å². The van der Waals surface area contributed by atoms with Gasteiger partial charge in [0.2, 0.25) is 0 Å². The minimum atomic E-state index is -0.568. The predicted octanol–water partition coefficient (Wildman–Crippen LogP) is 5.44. The number of anilines is 2. The lowest BCUT2D eigenvalue weighted by Crippen LogP contribution is -2.31. The first-order chi connectivity index (χ1) is 20.7. The van der Waals surface area contributed by atoms with Crippen molar-refractivity contribution in [2.45, 2.75) is 6.92 Å². The molecule has 1 aromatic heterocycles. The summed E-state index contributed by atoms with van der Waals surface area (Å²) in [6, 6.07) is 21.1. The number of amides is 3. The van der Waals surface area contributed by atoms with E-state index in [0.29, 0.717) is 33.2 Å². The second-order valence-corrected chi connectivity index (χ2v) is 10.9. The number of benzene rings is 3. The highest BCUT2D eigenvalue weighted by atomic mass is 32.2. The lowest BCUT2D eigenvalue weighted by atomic mass is 10.2. The topological polar surface area (TPSA) is 156 Å². The maximum atomic E-state index is 13.4. The first-order valence-electron chi connectivity index (χ1n) is 12.6. The number of para-hydroxylation sites is 1. The number of aromatic nitrogens is 1. The standard InChI is InChI=1S/C29H22N6O6S2/c1-17-24(43-28(30-17)31-25(36)19-10-14-22(41-2)15-11-19)26(37)32-33-29-34(20-6-4-3-5-7-20)27(38)23(42-29)16-18-8-12-21(13-9-18)35(39)40/h3-16H,1-2H3,(H,32,37)(H,30,31,36)/b23-16+,33-29+. The number of hydrazone groups is 1. The molecule has 0 spiro atoms. The third-order valence-electron chi connectivity index (χ3n) is 6.05. The third-order valence-corrected chi connectivity index (χ3v) is 8.09. The number of ether oxygens (including phenoxy) is 1. The zero-order valence-electron chi connectivity index (χ0n) is 22.6. The Labute approximate surface area is 253 Å². The number of non-ortho nitro benzene ring substituents is 1. The molecule has 2 heterocycles. The summed E-state index contributed by atoms with van der Waals surface area (Å²) in [6.45, 7) is 1.64. The van der Waals surface area contributed by atoms with Gasteiger partial charge >= 0.3 is 0 Å². The molecule has 0 atom stereocenters. The summed E-state index contributed by atoms with van der Waals surface area (Å²) in [5.74, 6) is -0.721. The van der Waals surface area contributed by atoms with Gasteiger partial charge in [0.15, 0.2) is 10.3 Å². The van der Waals surface area contributed by atoms with Gasteiger partial charge in [0, 0.05) is 17.7 Å². The highest BCUT2D eigenvalue weighted by Gasteiger charge is 2.35. The summed E-state index contributed by atoms with van der Waals surface area (Å²) in [7, 11) is 1.53. The van der Waals surface area contributed by atoms with Crippen LogP contribution in [0.1, 0.15) is 31.3 Å². The van der Waals surface area contributed by atoms with Crippen molar-refractivity contribution in [3.8, 4) is 5.75 Å². The molecule has 0 unspecified atom stereocenters. The number of carbonyl (C=O) groups is 3. The molecule has 3 amide bonds. The normalized spacial score (nSPS) is 14.7. The Morgan fingerprint density at radius 3 is 2.37 bits per heavy atom. The number of thioether (sulfide) groups is 1. The second-order valence-electron chi connectivity index (χ2n) is 8.89. The average Bonchev–Trinajstić information content (AvgIpc) is 3.54. The second kappa shape index (κ2) is 12.7. The first-order valence-corrected chi connectivity index (χ1v) is 14.2. The number of nitrogens with one attached hydrogen (secondary N) is 2. The van der Waals surface area contributed by atoms with Crippen LogP contribution in [0.3, 0.4) is 0 Å². The fourth-order valence-electron chi connectivity index (χ4n) is 3.92. The van der Waals surface area contributed by atoms with Gasteiger partial charge in [-0.3, -0.25) is 34.7 Å². The maximum Gasteiger partial charge on any atom is 0.283 e. The molecule has 1 saturated heterocycles. The van der Waals surface area contributed by atoms with Gasteiger partial charge in [0.25, 0.3) is 23.4 Å². The van der Waals surface area contributed by atoms with E-state index in [9.17, 15) is 24.5 Å². The average molecular weight is 615 g/mol. The maximum absolute atomic E-state index is 13.4. The van der Waals surface area contributed by atoms with E-state index >= 15 is 0 Å². The number of aryl methyl sites for hydroxylation is 1. The van der Waals surface area contributed by atoms with Crippen LogP contribution in [-0.4, -0.2) is 39.9 Å². The summed E-state index contributed by atoms with van der Waals surface area (Å²) in [6.07, 6.45) is 1.60. The van der Waals surface area contributed by atoms with Gasteiger partial charge in [-0.15, -0.1) is 5.10 Å². The van der Waals surface area contributed by atoms with Crippen LogP contribution in [0.4, 0.5) is 16.5 Å². The summed E-state index contributed by atoms with van der Waals surface area (Å²) < 4.78 is 5.11. The van der Waals surface area contributed by atoms with Crippen LogP contribution < -0.4 is 20.4 Å². The number of nitrogens with zero attached hydrogens (tertiary/aromatic N) is 4. The zero-order valence-corrected chi connectivity index (χ0v) is 24.3. The summed E-state index contributed by atoms with van der Waals surface area (Å²) in [5, 5.41) is 18.4. The van der Waals surface area contributed by atoms with Crippen molar-refractivity contribution < 1.29 is 24.0 Å². The number of rotatable bonds is 8. The quantitative estimate of drug-likeness (QED) is 0.151. The molecule has 0 bridgehead atoms. The molecule has 0 radical (unpaired) electrons. The van der Waals surface area contributed by atoms with Crippen LogP contribution in [0.15, 0.2) is 88.9 Å². The number of amidine groups is 1. The Morgan fingerprint density at radius 1 is 1.02 bits per heavy atom. The van der Waals surface area contributed by atoms with E-state index in [-0.39, 0.29) is 26.8 Å². The van der Waals surface area contributed by atoms with Crippen LogP contribution in [-0.2, 0) is 4.79 Å². The Balaban J connectivity index is 1.35. The molecule has 43 heavy (non-hydrogen) atoms. The monoisotopic (exact) mass is 614 g/mol. The lowest BCUT2D eigenvalue weighted by Gasteiger charge is -2.15. The molecule has 4 aromatic rings. The smallest absolute Gasteiger partial charge is 0.283 e. The number of nitro groups is 1. The van der Waals surface area contributed by atoms with Gasteiger partial charge < -0.3 is 4.74 Å². The molecule has 12 nitrogen and oxygen atoms in total. The van der Waals surface area contributed by atoms with E-state index in [1.165, 1.54) is 24.1 Å². The van der Waals surface area contributed by atoms with Gasteiger partial charge in [-0.1, -0.05) is 29.5 Å². The molecule has 2 N–H and O–H groups in total. The Hall–Kier alpha value is -5.34. The fourth-order valence-corrected chi connectivity index (χ4v) is 5.71. The van der Waals surface area contributed by atoms with Gasteiger partial charge in [0.05, 0.1) is 28.3 Å². The third kappa shape index (κ3) is 6.60. The predicted molar refractivity (Wildman–Crippen MR) is 165 cm³/mol. The molecule has 216 valence electrons. The number of hydrogen-bond acceptors (Lipinski definition) is 10. The number of thiazole rings is 1. The Bertz CT molecular complexity index is 1770. The molecule has 0 aliphatic carbocycles. The van der Waals surface area contributed by atoms with Crippen molar-refractivity contribution in [1.29, 1.82) is 0 Å². The van der Waals surface area contributed by atoms with Gasteiger partial charge in [-0.2, -0.15) is 0 Å². The molecule has 5 rings (SSSR count). The Kier molecular flexibility index (Phi) is 8.59. The minimum Gasteiger partial charge on any atom is -0.497 e. The van der Waals surface area contributed by atoms with Crippen molar-refractivity contribution in [3.05, 3.63) is 116 Å².